The summed E-state index contributed by atoms with van der Waals surface area (Å²) >= 11 is 3.60. The highest BCUT2D eigenvalue weighted by Gasteiger charge is 2.48. The zero-order valence-corrected chi connectivity index (χ0v) is 12.4. The van der Waals surface area contributed by atoms with Crippen molar-refractivity contribution >= 4 is 32.8 Å². The number of nitrogens with zero attached hydrogens (tertiary/aromatic N) is 1. The van der Waals surface area contributed by atoms with Gasteiger partial charge in [0.25, 0.3) is 0 Å². The minimum absolute atomic E-state index is 0.269. The molecule has 1 N–H and O–H groups in total. The molecule has 1 aromatic carbocycles. The molecule has 2 aromatic rings. The molecule has 5 heteroatoms. The third kappa shape index (κ3) is 1.48. The van der Waals surface area contributed by atoms with Crippen molar-refractivity contribution < 1.29 is 14.6 Å². The number of aliphatic carboxylic acids is 1. The summed E-state index contributed by atoms with van der Waals surface area (Å²) in [5.74, 6) is -0.790. The van der Waals surface area contributed by atoms with E-state index in [1.807, 2.05) is 6.07 Å². The molecule has 0 aliphatic carbocycles. The van der Waals surface area contributed by atoms with Crippen LogP contribution in [0, 0.1) is 0 Å². The summed E-state index contributed by atoms with van der Waals surface area (Å²) in [7, 11) is 0. The molecular weight excluding hydrogens is 322 g/mol. The van der Waals surface area contributed by atoms with E-state index in [0.717, 1.165) is 34.8 Å². The molecule has 3 heterocycles. The molecule has 0 amide bonds. The van der Waals surface area contributed by atoms with Gasteiger partial charge in [-0.05, 0) is 46.0 Å². The van der Waals surface area contributed by atoms with Crippen LogP contribution in [0.1, 0.15) is 17.5 Å². The lowest BCUT2D eigenvalue weighted by molar-refractivity contribution is -0.163. The number of hydrogen-bond donors (Lipinski definition) is 1. The molecular formula is C15H14BrNO3. The van der Waals surface area contributed by atoms with Crippen molar-refractivity contribution in [1.29, 1.82) is 0 Å². The Kier molecular flexibility index (Phi) is 2.54. The Hall–Kier alpha value is -1.33. The van der Waals surface area contributed by atoms with E-state index >= 15 is 0 Å². The van der Waals surface area contributed by atoms with Gasteiger partial charge in [0.1, 0.15) is 5.41 Å². The average Bonchev–Trinajstić information content (AvgIpc) is 2.66. The van der Waals surface area contributed by atoms with Crippen LogP contribution in [0.3, 0.4) is 0 Å². The lowest BCUT2D eigenvalue weighted by Gasteiger charge is -2.38. The number of carboxylic acid groups (broad SMARTS) is 1. The van der Waals surface area contributed by atoms with Crippen LogP contribution in [0.4, 0.5) is 0 Å². The monoisotopic (exact) mass is 335 g/mol. The van der Waals surface area contributed by atoms with Crippen molar-refractivity contribution in [2.45, 2.75) is 24.8 Å². The minimum atomic E-state index is -0.857. The van der Waals surface area contributed by atoms with Gasteiger partial charge in [-0.1, -0.05) is 6.07 Å². The Morgan fingerprint density at radius 3 is 2.85 bits per heavy atom. The summed E-state index contributed by atoms with van der Waals surface area (Å²) in [4.78, 5) is 11.6. The number of benzene rings is 1. The highest BCUT2D eigenvalue weighted by molar-refractivity contribution is 9.10. The molecule has 0 unspecified atom stereocenters. The van der Waals surface area contributed by atoms with Gasteiger partial charge in [-0.2, -0.15) is 0 Å². The number of aryl methyl sites for hydroxylation is 2. The van der Waals surface area contributed by atoms with Gasteiger partial charge in [0.05, 0.1) is 18.7 Å². The molecule has 0 atom stereocenters. The largest absolute Gasteiger partial charge is 0.480 e. The molecule has 0 radical (unpaired) electrons. The van der Waals surface area contributed by atoms with Gasteiger partial charge in [-0.25, -0.2) is 0 Å². The predicted molar refractivity (Wildman–Crippen MR) is 78.1 cm³/mol. The van der Waals surface area contributed by atoms with Crippen molar-refractivity contribution in [1.82, 2.24) is 4.57 Å². The van der Waals surface area contributed by atoms with Crippen LogP contribution in [0.15, 0.2) is 22.8 Å². The summed E-state index contributed by atoms with van der Waals surface area (Å²) in [6.45, 7) is 1.57. The van der Waals surface area contributed by atoms with E-state index in [9.17, 15) is 9.90 Å². The van der Waals surface area contributed by atoms with E-state index in [1.165, 1.54) is 11.1 Å². The molecule has 1 fully saturated rings. The van der Waals surface area contributed by atoms with Crippen molar-refractivity contribution in [2.75, 3.05) is 13.2 Å². The highest BCUT2D eigenvalue weighted by Crippen LogP contribution is 2.39. The first-order valence-electron chi connectivity index (χ1n) is 6.75. The molecule has 0 bridgehead atoms. The summed E-state index contributed by atoms with van der Waals surface area (Å²) in [6, 6.07) is 4.09. The summed E-state index contributed by atoms with van der Waals surface area (Å²) < 4.78 is 8.49. The molecule has 4 rings (SSSR count). The van der Waals surface area contributed by atoms with E-state index in [2.05, 4.69) is 32.8 Å². The van der Waals surface area contributed by atoms with Crippen molar-refractivity contribution in [3.8, 4) is 0 Å². The number of rotatable bonds is 2. The fourth-order valence-corrected chi connectivity index (χ4v) is 3.84. The maximum absolute atomic E-state index is 11.6. The molecule has 1 saturated heterocycles. The van der Waals surface area contributed by atoms with E-state index < -0.39 is 11.4 Å². The van der Waals surface area contributed by atoms with Crippen LogP contribution >= 0.6 is 15.9 Å². The molecule has 0 spiro atoms. The van der Waals surface area contributed by atoms with Crippen molar-refractivity contribution in [3.63, 3.8) is 0 Å². The van der Waals surface area contributed by atoms with Crippen LogP contribution in [0.25, 0.3) is 10.9 Å². The molecule has 4 nitrogen and oxygen atoms in total. The first kappa shape index (κ1) is 12.4. The van der Waals surface area contributed by atoms with Gasteiger partial charge in [0.2, 0.25) is 0 Å². The van der Waals surface area contributed by atoms with Gasteiger partial charge in [-0.3, -0.25) is 4.79 Å². The highest BCUT2D eigenvalue weighted by atomic mass is 79.9. The Labute approximate surface area is 124 Å². The number of hydrogen-bond acceptors (Lipinski definition) is 2. The van der Waals surface area contributed by atoms with Crippen LogP contribution in [0.2, 0.25) is 0 Å². The fraction of sp³-hybridized carbons (Fsp3) is 0.400. The molecule has 1 aromatic heterocycles. The molecule has 2 aliphatic rings. The number of aromatic nitrogens is 1. The second-order valence-corrected chi connectivity index (χ2v) is 6.54. The first-order chi connectivity index (χ1) is 9.62. The van der Waals surface area contributed by atoms with E-state index in [-0.39, 0.29) is 13.2 Å². The fourth-order valence-electron chi connectivity index (χ4n) is 3.29. The Morgan fingerprint density at radius 2 is 2.20 bits per heavy atom. The number of carboxylic acids is 1. The lowest BCUT2D eigenvalue weighted by atomic mass is 9.77. The average molecular weight is 336 g/mol. The number of ether oxygens (including phenoxy) is 1. The maximum Gasteiger partial charge on any atom is 0.318 e. The standard InChI is InChI=1S/C15H14BrNO3/c16-12-6-17-3-1-2-9-4-10(5-11(12)13(9)17)15(14(18)19)7-20-8-15/h4-6H,1-3,7-8H2,(H,18,19). The van der Waals surface area contributed by atoms with Gasteiger partial charge in [0, 0.05) is 22.6 Å². The van der Waals surface area contributed by atoms with Crippen LogP contribution in [-0.4, -0.2) is 28.9 Å². The zero-order chi connectivity index (χ0) is 13.9. The van der Waals surface area contributed by atoms with E-state index in [1.54, 1.807) is 0 Å². The topological polar surface area (TPSA) is 51.5 Å². The predicted octanol–water partition coefficient (Wildman–Crippen LogP) is 2.70. The normalized spacial score (nSPS) is 19.9. The lowest BCUT2D eigenvalue weighted by Crippen LogP contribution is -2.53. The summed E-state index contributed by atoms with van der Waals surface area (Å²) in [5.41, 5.74) is 2.51. The van der Waals surface area contributed by atoms with Crippen LogP contribution < -0.4 is 0 Å². The number of halogens is 1. The molecule has 20 heavy (non-hydrogen) atoms. The Bertz CT molecular complexity index is 730. The van der Waals surface area contributed by atoms with Gasteiger partial charge >= 0.3 is 5.97 Å². The van der Waals surface area contributed by atoms with E-state index in [4.69, 9.17) is 4.74 Å². The minimum Gasteiger partial charge on any atom is -0.480 e. The second-order valence-electron chi connectivity index (χ2n) is 5.69. The van der Waals surface area contributed by atoms with Crippen molar-refractivity contribution in [2.24, 2.45) is 0 Å². The SMILES string of the molecule is O=C(O)C1(c2cc3c4c(c2)c(Br)cn4CCC3)COC1. The second kappa shape index (κ2) is 4.09. The smallest absolute Gasteiger partial charge is 0.318 e. The van der Waals surface area contributed by atoms with Crippen LogP contribution in [0.5, 0.6) is 0 Å². The Balaban J connectivity index is 1.99. The third-order valence-electron chi connectivity index (χ3n) is 4.51. The van der Waals surface area contributed by atoms with Gasteiger partial charge in [-0.15, -0.1) is 0 Å². The van der Waals surface area contributed by atoms with Gasteiger partial charge in [0.15, 0.2) is 0 Å². The molecule has 104 valence electrons. The van der Waals surface area contributed by atoms with E-state index in [0.29, 0.717) is 0 Å². The zero-order valence-electron chi connectivity index (χ0n) is 10.9. The van der Waals surface area contributed by atoms with Crippen LogP contribution in [-0.2, 0) is 27.9 Å². The van der Waals surface area contributed by atoms with Crippen molar-refractivity contribution in [3.05, 3.63) is 33.9 Å². The Morgan fingerprint density at radius 1 is 1.40 bits per heavy atom. The number of carbonyl (C=O) groups is 1. The van der Waals surface area contributed by atoms with Gasteiger partial charge < -0.3 is 14.4 Å². The molecule has 2 aliphatic heterocycles. The summed E-state index contributed by atoms with van der Waals surface area (Å²) in [5, 5.41) is 10.7. The quantitative estimate of drug-likeness (QED) is 0.917. The molecule has 0 saturated carbocycles. The maximum atomic E-state index is 11.6. The first-order valence-corrected chi connectivity index (χ1v) is 7.54. The summed E-state index contributed by atoms with van der Waals surface area (Å²) in [6.07, 6.45) is 4.21. The third-order valence-corrected chi connectivity index (χ3v) is 5.14.